The molecule has 1 rings (SSSR count). The summed E-state index contributed by atoms with van der Waals surface area (Å²) in [7, 11) is 0. The highest BCUT2D eigenvalue weighted by molar-refractivity contribution is 5.31. The molecular weight excluding hydrogens is 196 g/mol. The molecule has 0 bridgehead atoms. The van der Waals surface area contributed by atoms with Crippen LogP contribution in [-0.4, -0.2) is 11.7 Å². The molecule has 1 N–H and O–H groups in total. The van der Waals surface area contributed by atoms with Gasteiger partial charge in [-0.2, -0.15) is 0 Å². The molecule has 1 nitrogen and oxygen atoms in total. The standard InChI is InChI=1S/C15H24O/c1-5-15(6-2,11-16)10-14-9-12(3)7-8-13(14)4/h7-9,16H,5-6,10-11H2,1-4H3. The zero-order chi connectivity index (χ0) is 12.2. The molecule has 0 aliphatic rings. The number of aliphatic hydroxyl groups excluding tert-OH is 1. The van der Waals surface area contributed by atoms with Crippen LogP contribution in [0, 0.1) is 19.3 Å². The second-order valence-corrected chi connectivity index (χ2v) is 4.97. The molecule has 1 aromatic carbocycles. The zero-order valence-corrected chi connectivity index (χ0v) is 11.0. The minimum Gasteiger partial charge on any atom is -0.396 e. The largest absolute Gasteiger partial charge is 0.396 e. The summed E-state index contributed by atoms with van der Waals surface area (Å²) in [6, 6.07) is 6.58. The molecule has 0 amide bonds. The summed E-state index contributed by atoms with van der Waals surface area (Å²) in [6.45, 7) is 8.91. The maximum Gasteiger partial charge on any atom is 0.0490 e. The molecule has 0 unspecified atom stereocenters. The average Bonchev–Trinajstić information content (AvgIpc) is 2.31. The highest BCUT2D eigenvalue weighted by Gasteiger charge is 2.26. The molecule has 0 aliphatic heterocycles. The number of aliphatic hydroxyl groups is 1. The van der Waals surface area contributed by atoms with Crippen LogP contribution in [0.1, 0.15) is 43.4 Å². The van der Waals surface area contributed by atoms with E-state index in [1.165, 1.54) is 16.7 Å². The summed E-state index contributed by atoms with van der Waals surface area (Å²) in [5.41, 5.74) is 4.10. The first-order valence-electron chi connectivity index (χ1n) is 6.24. The SMILES string of the molecule is CCC(CC)(CO)Cc1cc(C)ccc1C. The number of hydrogen-bond acceptors (Lipinski definition) is 1. The van der Waals surface area contributed by atoms with Crippen molar-refractivity contribution >= 4 is 0 Å². The minimum atomic E-state index is 0.0680. The summed E-state index contributed by atoms with van der Waals surface area (Å²) in [6.07, 6.45) is 3.06. The van der Waals surface area contributed by atoms with Crippen molar-refractivity contribution in [3.63, 3.8) is 0 Å². The monoisotopic (exact) mass is 220 g/mol. The first-order valence-corrected chi connectivity index (χ1v) is 6.24. The first-order chi connectivity index (χ1) is 7.56. The Morgan fingerprint density at radius 1 is 1.12 bits per heavy atom. The lowest BCUT2D eigenvalue weighted by Crippen LogP contribution is -2.26. The molecule has 0 spiro atoms. The van der Waals surface area contributed by atoms with Crippen LogP contribution in [0.4, 0.5) is 0 Å². The van der Waals surface area contributed by atoms with Crippen molar-refractivity contribution in [1.29, 1.82) is 0 Å². The Bertz CT molecular complexity index is 329. The second-order valence-electron chi connectivity index (χ2n) is 4.97. The maximum atomic E-state index is 9.60. The van der Waals surface area contributed by atoms with Gasteiger partial charge in [0.05, 0.1) is 0 Å². The molecule has 0 saturated carbocycles. The Kier molecular flexibility index (Phi) is 4.55. The lowest BCUT2D eigenvalue weighted by molar-refractivity contribution is 0.115. The van der Waals surface area contributed by atoms with Crippen molar-refractivity contribution in [2.24, 2.45) is 5.41 Å². The fourth-order valence-electron chi connectivity index (χ4n) is 2.17. The van der Waals surface area contributed by atoms with E-state index in [2.05, 4.69) is 45.9 Å². The smallest absolute Gasteiger partial charge is 0.0490 e. The van der Waals surface area contributed by atoms with Gasteiger partial charge in [0, 0.05) is 6.61 Å². The van der Waals surface area contributed by atoms with Gasteiger partial charge in [-0.3, -0.25) is 0 Å². The topological polar surface area (TPSA) is 20.2 Å². The molecule has 1 heteroatoms. The average molecular weight is 220 g/mol. The van der Waals surface area contributed by atoms with E-state index < -0.39 is 0 Å². The quantitative estimate of drug-likeness (QED) is 0.803. The van der Waals surface area contributed by atoms with Crippen molar-refractivity contribution in [2.45, 2.75) is 47.0 Å². The molecule has 0 radical (unpaired) electrons. The molecule has 16 heavy (non-hydrogen) atoms. The van der Waals surface area contributed by atoms with Crippen LogP contribution >= 0.6 is 0 Å². The maximum absolute atomic E-state index is 9.60. The van der Waals surface area contributed by atoms with Crippen LogP contribution < -0.4 is 0 Å². The van der Waals surface area contributed by atoms with Crippen LogP contribution in [0.15, 0.2) is 18.2 Å². The fourth-order valence-corrected chi connectivity index (χ4v) is 2.17. The van der Waals surface area contributed by atoms with Crippen molar-refractivity contribution in [1.82, 2.24) is 0 Å². The van der Waals surface area contributed by atoms with E-state index in [0.717, 1.165) is 19.3 Å². The van der Waals surface area contributed by atoms with Crippen molar-refractivity contribution < 1.29 is 5.11 Å². The van der Waals surface area contributed by atoms with E-state index in [1.807, 2.05) is 0 Å². The summed E-state index contributed by atoms with van der Waals surface area (Å²) in [5.74, 6) is 0. The second kappa shape index (κ2) is 5.49. The summed E-state index contributed by atoms with van der Waals surface area (Å²) >= 11 is 0. The predicted octanol–water partition coefficient (Wildman–Crippen LogP) is 3.64. The highest BCUT2D eigenvalue weighted by Crippen LogP contribution is 2.31. The van der Waals surface area contributed by atoms with E-state index in [9.17, 15) is 5.11 Å². The zero-order valence-electron chi connectivity index (χ0n) is 11.0. The van der Waals surface area contributed by atoms with Crippen LogP contribution in [-0.2, 0) is 6.42 Å². The van der Waals surface area contributed by atoms with Crippen LogP contribution in [0.2, 0.25) is 0 Å². The van der Waals surface area contributed by atoms with Gasteiger partial charge in [0.25, 0.3) is 0 Å². The van der Waals surface area contributed by atoms with Crippen LogP contribution in [0.25, 0.3) is 0 Å². The Balaban J connectivity index is 2.97. The first kappa shape index (κ1) is 13.2. The minimum absolute atomic E-state index is 0.0680. The number of benzene rings is 1. The fraction of sp³-hybridized carbons (Fsp3) is 0.600. The molecule has 0 fully saturated rings. The number of rotatable bonds is 5. The highest BCUT2D eigenvalue weighted by atomic mass is 16.3. The van der Waals surface area contributed by atoms with E-state index >= 15 is 0 Å². The predicted molar refractivity (Wildman–Crippen MR) is 69.7 cm³/mol. The van der Waals surface area contributed by atoms with Gasteiger partial charge in [-0.25, -0.2) is 0 Å². The number of hydrogen-bond donors (Lipinski definition) is 1. The number of aryl methyl sites for hydroxylation is 2. The Labute approximate surface area is 99.5 Å². The van der Waals surface area contributed by atoms with Crippen LogP contribution in [0.5, 0.6) is 0 Å². The third-order valence-electron chi connectivity index (χ3n) is 3.91. The van der Waals surface area contributed by atoms with Gasteiger partial charge in [0.15, 0.2) is 0 Å². The Morgan fingerprint density at radius 2 is 1.75 bits per heavy atom. The summed E-state index contributed by atoms with van der Waals surface area (Å²) in [4.78, 5) is 0. The van der Waals surface area contributed by atoms with E-state index in [-0.39, 0.29) is 12.0 Å². The lowest BCUT2D eigenvalue weighted by Gasteiger charge is -2.30. The van der Waals surface area contributed by atoms with Gasteiger partial charge < -0.3 is 5.11 Å². The van der Waals surface area contributed by atoms with Gasteiger partial charge >= 0.3 is 0 Å². The van der Waals surface area contributed by atoms with Gasteiger partial charge in [-0.1, -0.05) is 37.6 Å². The molecule has 0 heterocycles. The van der Waals surface area contributed by atoms with Crippen molar-refractivity contribution in [2.75, 3.05) is 6.61 Å². The van der Waals surface area contributed by atoms with Gasteiger partial charge in [0.2, 0.25) is 0 Å². The van der Waals surface area contributed by atoms with E-state index in [1.54, 1.807) is 0 Å². The van der Waals surface area contributed by atoms with Gasteiger partial charge in [-0.15, -0.1) is 0 Å². The van der Waals surface area contributed by atoms with E-state index in [4.69, 9.17) is 0 Å². The molecular formula is C15H24O. The van der Waals surface area contributed by atoms with Gasteiger partial charge in [0.1, 0.15) is 0 Å². The molecule has 1 aromatic rings. The van der Waals surface area contributed by atoms with Crippen molar-refractivity contribution in [3.05, 3.63) is 34.9 Å². The third-order valence-corrected chi connectivity index (χ3v) is 3.91. The lowest BCUT2D eigenvalue weighted by atomic mass is 9.77. The van der Waals surface area contributed by atoms with Crippen molar-refractivity contribution in [3.8, 4) is 0 Å². The van der Waals surface area contributed by atoms with Crippen LogP contribution in [0.3, 0.4) is 0 Å². The molecule has 90 valence electrons. The van der Waals surface area contributed by atoms with E-state index in [0.29, 0.717) is 0 Å². The Morgan fingerprint density at radius 3 is 2.25 bits per heavy atom. The Hall–Kier alpha value is -0.820. The third kappa shape index (κ3) is 2.85. The molecule has 0 aromatic heterocycles. The summed E-state index contributed by atoms with van der Waals surface area (Å²) in [5, 5.41) is 9.60. The molecule has 0 aliphatic carbocycles. The normalized spacial score (nSPS) is 11.8. The molecule has 0 saturated heterocycles. The van der Waals surface area contributed by atoms with Gasteiger partial charge in [-0.05, 0) is 49.7 Å². The molecule has 0 atom stereocenters. The summed E-state index contributed by atoms with van der Waals surface area (Å²) < 4.78 is 0.